The molecule has 0 spiro atoms. The predicted molar refractivity (Wildman–Crippen MR) is 84.4 cm³/mol. The second-order valence-corrected chi connectivity index (χ2v) is 5.22. The van der Waals surface area contributed by atoms with Gasteiger partial charge in [-0.15, -0.1) is 0 Å². The number of rotatable bonds is 4. The van der Waals surface area contributed by atoms with Crippen LogP contribution in [-0.2, 0) is 12.7 Å². The second kappa shape index (κ2) is 6.42. The lowest BCUT2D eigenvalue weighted by atomic mass is 10.1. The first kappa shape index (κ1) is 16.7. The molecule has 3 rings (SSSR count). The quantitative estimate of drug-likeness (QED) is 0.785. The maximum atomic E-state index is 13.0. The number of anilines is 1. The molecule has 0 radical (unpaired) electrons. The molecule has 130 valence electrons. The third-order valence-corrected chi connectivity index (χ3v) is 3.54. The summed E-state index contributed by atoms with van der Waals surface area (Å²) in [6.07, 6.45) is 1.44. The maximum absolute atomic E-state index is 13.0. The van der Waals surface area contributed by atoms with E-state index in [0.29, 0.717) is 12.2 Å². The number of amides is 1. The molecule has 0 aliphatic carbocycles. The fourth-order valence-electron chi connectivity index (χ4n) is 2.27. The van der Waals surface area contributed by atoms with Gasteiger partial charge in [-0.3, -0.25) is 9.48 Å². The van der Waals surface area contributed by atoms with Crippen LogP contribution in [-0.4, -0.2) is 25.5 Å². The van der Waals surface area contributed by atoms with Crippen LogP contribution in [0.5, 0.6) is 0 Å². The Balaban J connectivity index is 1.98. The van der Waals surface area contributed by atoms with Gasteiger partial charge in [0, 0.05) is 25.1 Å². The van der Waals surface area contributed by atoms with E-state index >= 15 is 0 Å². The molecule has 0 aliphatic heterocycles. The molecule has 0 atom stereocenters. The van der Waals surface area contributed by atoms with Crippen molar-refractivity contribution in [3.63, 3.8) is 0 Å². The fraction of sp³-hybridized carbons (Fsp3) is 0.188. The Hall–Kier alpha value is -3.10. The molecule has 3 aromatic rings. The zero-order chi connectivity index (χ0) is 18.0. The summed E-state index contributed by atoms with van der Waals surface area (Å²) in [5.74, 6) is -0.549. The van der Waals surface area contributed by atoms with Crippen molar-refractivity contribution in [2.45, 2.75) is 19.6 Å². The average Bonchev–Trinajstić information content (AvgIpc) is 3.25. The van der Waals surface area contributed by atoms with Gasteiger partial charge in [-0.1, -0.05) is 0 Å². The van der Waals surface area contributed by atoms with Crippen molar-refractivity contribution in [2.75, 3.05) is 5.32 Å². The zero-order valence-electron chi connectivity index (χ0n) is 13.2. The molecule has 2 aromatic heterocycles. The summed E-state index contributed by atoms with van der Waals surface area (Å²) in [5, 5.41) is 10.5. The number of carbonyl (C=O) groups excluding carboxylic acids is 1. The maximum Gasteiger partial charge on any atom is 0.416 e. The average molecular weight is 349 g/mol. The number of nitrogens with zero attached hydrogens (tertiary/aromatic N) is 4. The molecular formula is C16H14F3N5O. The van der Waals surface area contributed by atoms with Crippen LogP contribution < -0.4 is 5.32 Å². The van der Waals surface area contributed by atoms with Gasteiger partial charge in [-0.2, -0.15) is 23.4 Å². The topological polar surface area (TPSA) is 64.7 Å². The van der Waals surface area contributed by atoms with E-state index < -0.39 is 17.6 Å². The second-order valence-electron chi connectivity index (χ2n) is 5.22. The van der Waals surface area contributed by atoms with E-state index in [1.807, 2.05) is 6.92 Å². The van der Waals surface area contributed by atoms with E-state index in [4.69, 9.17) is 0 Å². The van der Waals surface area contributed by atoms with Crippen molar-refractivity contribution in [3.05, 3.63) is 60.2 Å². The molecule has 1 aromatic carbocycles. The van der Waals surface area contributed by atoms with Gasteiger partial charge >= 0.3 is 6.18 Å². The molecule has 2 heterocycles. The first-order chi connectivity index (χ1) is 11.9. The molecule has 9 heteroatoms. The van der Waals surface area contributed by atoms with Crippen LogP contribution in [0.2, 0.25) is 0 Å². The Bertz CT molecular complexity index is 884. The lowest BCUT2D eigenvalue weighted by molar-refractivity contribution is -0.137. The molecular weight excluding hydrogens is 335 g/mol. The third-order valence-electron chi connectivity index (χ3n) is 3.54. The standard InChI is InChI=1S/C16H14F3N5O/c1-2-23-10-11(9-21-23)15(25)22-13-8-12(16(17,18)19)4-5-14(13)24-7-3-6-20-24/h3-10H,2H2,1H3,(H,22,25). The number of aryl methyl sites for hydroxylation is 1. The Kier molecular flexibility index (Phi) is 4.30. The van der Waals surface area contributed by atoms with Crippen LogP contribution >= 0.6 is 0 Å². The van der Waals surface area contributed by atoms with Crippen LogP contribution in [0.15, 0.2) is 49.1 Å². The summed E-state index contributed by atoms with van der Waals surface area (Å²) in [6, 6.07) is 4.73. The molecule has 0 saturated heterocycles. The number of hydrogen-bond donors (Lipinski definition) is 1. The van der Waals surface area contributed by atoms with E-state index in [1.54, 1.807) is 16.9 Å². The minimum atomic E-state index is -4.52. The first-order valence-electron chi connectivity index (χ1n) is 7.43. The molecule has 0 unspecified atom stereocenters. The van der Waals surface area contributed by atoms with Crippen molar-refractivity contribution in [1.82, 2.24) is 19.6 Å². The van der Waals surface area contributed by atoms with Gasteiger partial charge in [-0.05, 0) is 31.2 Å². The van der Waals surface area contributed by atoms with Crippen LogP contribution in [0.25, 0.3) is 5.69 Å². The zero-order valence-corrected chi connectivity index (χ0v) is 13.2. The fourth-order valence-corrected chi connectivity index (χ4v) is 2.27. The highest BCUT2D eigenvalue weighted by Gasteiger charge is 2.31. The smallest absolute Gasteiger partial charge is 0.320 e. The largest absolute Gasteiger partial charge is 0.416 e. The highest BCUT2D eigenvalue weighted by Crippen LogP contribution is 2.33. The summed E-state index contributed by atoms with van der Waals surface area (Å²) in [4.78, 5) is 12.4. The molecule has 0 bridgehead atoms. The molecule has 25 heavy (non-hydrogen) atoms. The Morgan fingerprint density at radius 1 is 1.28 bits per heavy atom. The highest BCUT2D eigenvalue weighted by atomic mass is 19.4. The summed E-state index contributed by atoms with van der Waals surface area (Å²) >= 11 is 0. The molecule has 1 amide bonds. The van der Waals surface area contributed by atoms with Crippen molar-refractivity contribution in [3.8, 4) is 5.69 Å². The number of benzene rings is 1. The van der Waals surface area contributed by atoms with Crippen molar-refractivity contribution < 1.29 is 18.0 Å². The lowest BCUT2D eigenvalue weighted by Crippen LogP contribution is -2.15. The Labute approximate surface area is 140 Å². The summed E-state index contributed by atoms with van der Waals surface area (Å²) < 4.78 is 41.9. The van der Waals surface area contributed by atoms with E-state index in [-0.39, 0.29) is 11.3 Å². The highest BCUT2D eigenvalue weighted by molar-refractivity contribution is 6.05. The SMILES string of the molecule is CCn1cc(C(=O)Nc2cc(C(F)(F)F)ccc2-n2cccn2)cn1. The third kappa shape index (κ3) is 3.54. The number of halogens is 3. The monoisotopic (exact) mass is 349 g/mol. The van der Waals surface area contributed by atoms with Gasteiger partial charge in [0.2, 0.25) is 0 Å². The summed E-state index contributed by atoms with van der Waals surface area (Å²) in [5.41, 5.74) is -0.268. The van der Waals surface area contributed by atoms with E-state index in [0.717, 1.165) is 12.1 Å². The molecule has 0 saturated carbocycles. The lowest BCUT2D eigenvalue weighted by Gasteiger charge is -2.14. The van der Waals surface area contributed by atoms with Gasteiger partial charge in [0.1, 0.15) is 0 Å². The van der Waals surface area contributed by atoms with Gasteiger partial charge in [0.15, 0.2) is 0 Å². The van der Waals surface area contributed by atoms with E-state index in [2.05, 4.69) is 15.5 Å². The Morgan fingerprint density at radius 3 is 2.68 bits per heavy atom. The predicted octanol–water partition coefficient (Wildman–Crippen LogP) is 3.36. The van der Waals surface area contributed by atoms with Gasteiger partial charge < -0.3 is 5.32 Å². The van der Waals surface area contributed by atoms with E-state index in [1.165, 1.54) is 29.3 Å². The number of alkyl halides is 3. The van der Waals surface area contributed by atoms with Gasteiger partial charge in [-0.25, -0.2) is 4.68 Å². The molecule has 0 fully saturated rings. The van der Waals surface area contributed by atoms with Crippen LogP contribution in [0.3, 0.4) is 0 Å². The van der Waals surface area contributed by atoms with Crippen molar-refractivity contribution in [2.24, 2.45) is 0 Å². The summed E-state index contributed by atoms with van der Waals surface area (Å²) in [6.45, 7) is 2.44. The Morgan fingerprint density at radius 2 is 2.08 bits per heavy atom. The molecule has 1 N–H and O–H groups in total. The van der Waals surface area contributed by atoms with Crippen molar-refractivity contribution in [1.29, 1.82) is 0 Å². The van der Waals surface area contributed by atoms with Gasteiger partial charge in [0.05, 0.1) is 28.7 Å². The van der Waals surface area contributed by atoms with Crippen LogP contribution in [0, 0.1) is 0 Å². The van der Waals surface area contributed by atoms with Gasteiger partial charge in [0.25, 0.3) is 5.91 Å². The summed E-state index contributed by atoms with van der Waals surface area (Å²) in [7, 11) is 0. The number of aromatic nitrogens is 4. The van der Waals surface area contributed by atoms with Crippen LogP contribution in [0.4, 0.5) is 18.9 Å². The number of hydrogen-bond acceptors (Lipinski definition) is 3. The first-order valence-corrected chi connectivity index (χ1v) is 7.43. The van der Waals surface area contributed by atoms with Crippen molar-refractivity contribution >= 4 is 11.6 Å². The number of nitrogens with one attached hydrogen (secondary N) is 1. The molecule has 6 nitrogen and oxygen atoms in total. The normalized spacial score (nSPS) is 11.5. The molecule has 0 aliphatic rings. The van der Waals surface area contributed by atoms with E-state index in [9.17, 15) is 18.0 Å². The minimum Gasteiger partial charge on any atom is -0.320 e. The van der Waals surface area contributed by atoms with Crippen LogP contribution in [0.1, 0.15) is 22.8 Å². The minimum absolute atomic E-state index is 0.00720. The number of carbonyl (C=O) groups is 1.